The Kier molecular flexibility index (Phi) is 5.19. The molecule has 3 rings (SSSR count). The minimum absolute atomic E-state index is 0.0337. The standard InChI is InChI=1S/C16H15ClN6O3S/c1-10(14-20-9-21-23(14)16-18-4-3-5-19-16)22-15(24)11-6-12(17)8-13(7-11)27(2,25)26/h3-10H,1-2H3,(H,22,24). The number of hydrogen-bond acceptors (Lipinski definition) is 7. The molecule has 9 nitrogen and oxygen atoms in total. The third kappa shape index (κ3) is 4.29. The summed E-state index contributed by atoms with van der Waals surface area (Å²) in [6.45, 7) is 1.71. The van der Waals surface area contributed by atoms with Crippen LogP contribution >= 0.6 is 11.6 Å². The van der Waals surface area contributed by atoms with Crippen LogP contribution in [0.1, 0.15) is 29.1 Å². The first-order valence-corrected chi connectivity index (χ1v) is 10.0. The number of carbonyl (C=O) groups excluding carboxylic acids is 1. The van der Waals surface area contributed by atoms with Crippen molar-refractivity contribution in [2.75, 3.05) is 6.26 Å². The van der Waals surface area contributed by atoms with Crippen molar-refractivity contribution >= 4 is 27.3 Å². The fourth-order valence-corrected chi connectivity index (χ4v) is 3.33. The van der Waals surface area contributed by atoms with Gasteiger partial charge in [0.25, 0.3) is 11.9 Å². The van der Waals surface area contributed by atoms with E-state index in [1.54, 1.807) is 25.4 Å². The second kappa shape index (κ2) is 7.41. The first-order valence-electron chi connectivity index (χ1n) is 7.74. The van der Waals surface area contributed by atoms with Gasteiger partial charge in [-0.3, -0.25) is 4.79 Å². The third-order valence-electron chi connectivity index (χ3n) is 3.61. The monoisotopic (exact) mass is 406 g/mol. The predicted molar refractivity (Wildman–Crippen MR) is 97.4 cm³/mol. The van der Waals surface area contributed by atoms with Gasteiger partial charge in [-0.1, -0.05) is 11.6 Å². The van der Waals surface area contributed by atoms with Gasteiger partial charge in [0.2, 0.25) is 0 Å². The van der Waals surface area contributed by atoms with E-state index in [2.05, 4.69) is 25.4 Å². The molecule has 1 amide bonds. The summed E-state index contributed by atoms with van der Waals surface area (Å²) in [5, 5.41) is 6.97. The molecule has 0 aliphatic rings. The quantitative estimate of drug-likeness (QED) is 0.683. The number of hydrogen-bond donors (Lipinski definition) is 1. The molecule has 0 bridgehead atoms. The lowest BCUT2D eigenvalue weighted by Gasteiger charge is -2.14. The highest BCUT2D eigenvalue weighted by molar-refractivity contribution is 7.90. The Balaban J connectivity index is 1.86. The van der Waals surface area contributed by atoms with Gasteiger partial charge in [-0.05, 0) is 31.2 Å². The molecule has 1 atom stereocenters. The van der Waals surface area contributed by atoms with Crippen molar-refractivity contribution in [1.82, 2.24) is 30.0 Å². The Morgan fingerprint density at radius 1 is 1.19 bits per heavy atom. The van der Waals surface area contributed by atoms with Crippen LogP contribution in [-0.2, 0) is 9.84 Å². The van der Waals surface area contributed by atoms with Crippen LogP contribution in [-0.4, -0.2) is 45.3 Å². The number of aromatic nitrogens is 5. The molecule has 0 aliphatic heterocycles. The van der Waals surface area contributed by atoms with Crippen LogP contribution in [0.15, 0.2) is 47.9 Å². The first-order chi connectivity index (χ1) is 12.8. The highest BCUT2D eigenvalue weighted by Crippen LogP contribution is 2.20. The Labute approximate surface area is 160 Å². The van der Waals surface area contributed by atoms with Gasteiger partial charge in [-0.25, -0.2) is 23.4 Å². The molecule has 0 fully saturated rings. The van der Waals surface area contributed by atoms with Crippen LogP contribution in [0.4, 0.5) is 0 Å². The number of carbonyl (C=O) groups is 1. The highest BCUT2D eigenvalue weighted by atomic mass is 35.5. The van der Waals surface area contributed by atoms with E-state index >= 15 is 0 Å². The number of sulfone groups is 1. The SMILES string of the molecule is CC(NC(=O)c1cc(Cl)cc(S(C)(=O)=O)c1)c1ncnn1-c1ncccn1. The van der Waals surface area contributed by atoms with Crippen molar-refractivity contribution in [2.24, 2.45) is 0 Å². The zero-order valence-corrected chi connectivity index (χ0v) is 15.9. The number of benzene rings is 1. The van der Waals surface area contributed by atoms with E-state index in [1.807, 2.05) is 0 Å². The van der Waals surface area contributed by atoms with Crippen LogP contribution in [0.3, 0.4) is 0 Å². The molecule has 1 N–H and O–H groups in total. The van der Waals surface area contributed by atoms with E-state index in [-0.39, 0.29) is 15.5 Å². The van der Waals surface area contributed by atoms with Gasteiger partial charge in [0.1, 0.15) is 6.33 Å². The van der Waals surface area contributed by atoms with Gasteiger partial charge in [0, 0.05) is 29.2 Å². The number of halogens is 1. The van der Waals surface area contributed by atoms with E-state index in [0.717, 1.165) is 6.26 Å². The smallest absolute Gasteiger partial charge is 0.252 e. The van der Waals surface area contributed by atoms with Crippen LogP contribution in [0.2, 0.25) is 5.02 Å². The minimum atomic E-state index is -3.50. The molecule has 27 heavy (non-hydrogen) atoms. The molecular formula is C16H15ClN6O3S. The lowest BCUT2D eigenvalue weighted by atomic mass is 10.2. The maximum absolute atomic E-state index is 12.6. The van der Waals surface area contributed by atoms with Gasteiger partial charge in [-0.15, -0.1) is 0 Å². The maximum atomic E-state index is 12.6. The Hall–Kier alpha value is -2.85. The van der Waals surface area contributed by atoms with Crippen LogP contribution in [0.25, 0.3) is 5.95 Å². The molecule has 2 aromatic heterocycles. The Morgan fingerprint density at radius 3 is 2.56 bits per heavy atom. The van der Waals surface area contributed by atoms with Gasteiger partial charge in [0.15, 0.2) is 15.7 Å². The third-order valence-corrected chi connectivity index (χ3v) is 4.92. The molecule has 2 heterocycles. The van der Waals surface area contributed by atoms with Crippen molar-refractivity contribution in [1.29, 1.82) is 0 Å². The molecular weight excluding hydrogens is 392 g/mol. The Morgan fingerprint density at radius 2 is 1.89 bits per heavy atom. The summed E-state index contributed by atoms with van der Waals surface area (Å²) in [5.41, 5.74) is 0.122. The van der Waals surface area contributed by atoms with Crippen LogP contribution in [0, 0.1) is 0 Å². The second-order valence-corrected chi connectivity index (χ2v) is 8.17. The van der Waals surface area contributed by atoms with E-state index < -0.39 is 21.8 Å². The summed E-state index contributed by atoms with van der Waals surface area (Å²) in [4.78, 5) is 24.9. The number of nitrogens with one attached hydrogen (secondary N) is 1. The Bertz CT molecular complexity index is 1080. The van der Waals surface area contributed by atoms with Crippen molar-refractivity contribution in [3.8, 4) is 5.95 Å². The number of rotatable bonds is 5. The number of amides is 1. The highest BCUT2D eigenvalue weighted by Gasteiger charge is 2.20. The van der Waals surface area contributed by atoms with Gasteiger partial charge in [0.05, 0.1) is 10.9 Å². The lowest BCUT2D eigenvalue weighted by Crippen LogP contribution is -2.29. The molecule has 0 spiro atoms. The minimum Gasteiger partial charge on any atom is -0.342 e. The summed E-state index contributed by atoms with van der Waals surface area (Å²) >= 11 is 5.95. The van der Waals surface area contributed by atoms with Gasteiger partial charge >= 0.3 is 0 Å². The van der Waals surface area contributed by atoms with Crippen molar-refractivity contribution < 1.29 is 13.2 Å². The molecule has 3 aromatic rings. The summed E-state index contributed by atoms with van der Waals surface area (Å²) < 4.78 is 24.9. The summed E-state index contributed by atoms with van der Waals surface area (Å²) in [7, 11) is -3.50. The molecule has 0 radical (unpaired) electrons. The predicted octanol–water partition coefficient (Wildman–Crippen LogP) is 1.61. The molecule has 11 heteroatoms. The van der Waals surface area contributed by atoms with E-state index in [9.17, 15) is 13.2 Å². The molecule has 1 unspecified atom stereocenters. The van der Waals surface area contributed by atoms with Gasteiger partial charge in [-0.2, -0.15) is 9.78 Å². The number of nitrogens with zero attached hydrogens (tertiary/aromatic N) is 5. The van der Waals surface area contributed by atoms with Crippen LogP contribution < -0.4 is 5.32 Å². The molecule has 0 saturated carbocycles. The van der Waals surface area contributed by atoms with E-state index in [4.69, 9.17) is 11.6 Å². The van der Waals surface area contributed by atoms with Crippen molar-refractivity contribution in [2.45, 2.75) is 17.9 Å². The largest absolute Gasteiger partial charge is 0.342 e. The average Bonchev–Trinajstić information content (AvgIpc) is 3.11. The first kappa shape index (κ1) is 18.9. The van der Waals surface area contributed by atoms with Crippen LogP contribution in [0.5, 0.6) is 0 Å². The fourth-order valence-electron chi connectivity index (χ4n) is 2.35. The zero-order valence-electron chi connectivity index (χ0n) is 14.4. The van der Waals surface area contributed by atoms with Crippen molar-refractivity contribution in [3.05, 3.63) is 59.4 Å². The normalized spacial score (nSPS) is 12.6. The zero-order chi connectivity index (χ0) is 19.6. The fraction of sp³-hybridized carbons (Fsp3) is 0.188. The summed E-state index contributed by atoms with van der Waals surface area (Å²) in [6, 6.07) is 5.08. The molecule has 140 valence electrons. The second-order valence-electron chi connectivity index (χ2n) is 5.72. The average molecular weight is 407 g/mol. The van der Waals surface area contributed by atoms with Gasteiger partial charge < -0.3 is 5.32 Å². The lowest BCUT2D eigenvalue weighted by molar-refractivity contribution is 0.0937. The molecule has 0 aliphatic carbocycles. The molecule has 1 aromatic carbocycles. The van der Waals surface area contributed by atoms with E-state index in [1.165, 1.54) is 29.2 Å². The topological polar surface area (TPSA) is 120 Å². The van der Waals surface area contributed by atoms with E-state index in [0.29, 0.717) is 11.8 Å². The maximum Gasteiger partial charge on any atom is 0.252 e. The molecule has 0 saturated heterocycles. The van der Waals surface area contributed by atoms with Crippen molar-refractivity contribution in [3.63, 3.8) is 0 Å². The summed E-state index contributed by atoms with van der Waals surface area (Å²) in [6.07, 6.45) is 5.51. The summed E-state index contributed by atoms with van der Waals surface area (Å²) in [5.74, 6) is 0.228.